The molecule has 1 atom stereocenters. The number of primary amides is 1. The highest BCUT2D eigenvalue weighted by atomic mass is 16.5. The molecule has 0 saturated carbocycles. The van der Waals surface area contributed by atoms with Crippen LogP contribution in [0.25, 0.3) is 0 Å². The fraction of sp³-hybridized carbons (Fsp3) is 0.364. The van der Waals surface area contributed by atoms with Gasteiger partial charge < -0.3 is 26.0 Å². The highest BCUT2D eigenvalue weighted by molar-refractivity contribution is 5.94. The number of nitrogens with one attached hydrogen (secondary N) is 1. The third-order valence-corrected chi connectivity index (χ3v) is 2.22. The average molecular weight is 240 g/mol. The molecule has 0 aromatic heterocycles. The Morgan fingerprint density at radius 3 is 2.82 bits per heavy atom. The fourth-order valence-electron chi connectivity index (χ4n) is 1.29. The third kappa shape index (κ3) is 3.61. The number of ether oxygens (including phenoxy) is 1. The quantitative estimate of drug-likeness (QED) is 0.539. The van der Waals surface area contributed by atoms with Crippen molar-refractivity contribution in [3.63, 3.8) is 0 Å². The predicted molar refractivity (Wildman–Crippen MR) is 63.1 cm³/mol. The van der Waals surface area contributed by atoms with Crippen molar-refractivity contribution in [2.45, 2.75) is 6.10 Å². The molecular weight excluding hydrogens is 224 g/mol. The Labute approximate surface area is 99.0 Å². The summed E-state index contributed by atoms with van der Waals surface area (Å²) >= 11 is 0. The van der Waals surface area contributed by atoms with Gasteiger partial charge >= 0.3 is 0 Å². The van der Waals surface area contributed by atoms with Crippen LogP contribution in [0.15, 0.2) is 18.2 Å². The summed E-state index contributed by atoms with van der Waals surface area (Å²) in [5.41, 5.74) is 6.04. The lowest BCUT2D eigenvalue weighted by atomic mass is 10.1. The Morgan fingerprint density at radius 2 is 2.29 bits per heavy atom. The van der Waals surface area contributed by atoms with E-state index >= 15 is 0 Å². The summed E-state index contributed by atoms with van der Waals surface area (Å²) in [6, 6.07) is 4.69. The summed E-state index contributed by atoms with van der Waals surface area (Å²) in [6.07, 6.45) is -0.878. The number of nitrogens with two attached hydrogens (primary N) is 1. The third-order valence-electron chi connectivity index (χ3n) is 2.22. The lowest BCUT2D eigenvalue weighted by molar-refractivity contribution is 0.100. The van der Waals surface area contributed by atoms with Crippen LogP contribution in [0.5, 0.6) is 5.75 Å². The fourth-order valence-corrected chi connectivity index (χ4v) is 1.29. The van der Waals surface area contributed by atoms with E-state index in [9.17, 15) is 9.90 Å². The topological polar surface area (TPSA) is 105 Å². The maximum absolute atomic E-state index is 11.0. The number of aliphatic hydroxyl groups excluding tert-OH is 2. The van der Waals surface area contributed by atoms with Gasteiger partial charge in [0.05, 0.1) is 25.5 Å². The zero-order chi connectivity index (χ0) is 12.8. The number of hydrogen-bond donors (Lipinski definition) is 4. The Bertz CT molecular complexity index is 395. The molecule has 0 fully saturated rings. The summed E-state index contributed by atoms with van der Waals surface area (Å²) in [4.78, 5) is 11.0. The molecule has 1 unspecified atom stereocenters. The summed E-state index contributed by atoms with van der Waals surface area (Å²) in [5.74, 6) is -0.0152. The summed E-state index contributed by atoms with van der Waals surface area (Å²) < 4.78 is 5.09. The van der Waals surface area contributed by atoms with Crippen LogP contribution in [0.1, 0.15) is 10.4 Å². The van der Waals surface area contributed by atoms with Crippen LogP contribution in [0, 0.1) is 0 Å². The number of anilines is 1. The van der Waals surface area contributed by atoms with Gasteiger partial charge in [-0.05, 0) is 18.2 Å². The van der Waals surface area contributed by atoms with E-state index in [1.165, 1.54) is 13.2 Å². The molecule has 0 radical (unpaired) electrons. The van der Waals surface area contributed by atoms with Crippen molar-refractivity contribution >= 4 is 11.6 Å². The van der Waals surface area contributed by atoms with Crippen LogP contribution in [0.4, 0.5) is 5.69 Å². The maximum Gasteiger partial charge on any atom is 0.248 e. The minimum absolute atomic E-state index is 0.148. The molecular formula is C11H16N2O4. The zero-order valence-electron chi connectivity index (χ0n) is 9.51. The SMILES string of the molecule is COc1ccc(C(N)=O)cc1NCC(O)CO. The van der Waals surface area contributed by atoms with E-state index in [1.807, 2.05) is 0 Å². The Morgan fingerprint density at radius 1 is 1.59 bits per heavy atom. The maximum atomic E-state index is 11.0. The van der Waals surface area contributed by atoms with E-state index in [2.05, 4.69) is 5.32 Å². The molecule has 0 spiro atoms. The second kappa shape index (κ2) is 6.07. The molecule has 1 amide bonds. The molecule has 6 nitrogen and oxygen atoms in total. The van der Waals surface area contributed by atoms with Crippen molar-refractivity contribution in [3.05, 3.63) is 23.8 Å². The second-order valence-corrected chi connectivity index (χ2v) is 3.50. The Hall–Kier alpha value is -1.79. The number of amides is 1. The van der Waals surface area contributed by atoms with Crippen molar-refractivity contribution < 1.29 is 19.7 Å². The van der Waals surface area contributed by atoms with Crippen LogP contribution < -0.4 is 15.8 Å². The van der Waals surface area contributed by atoms with Crippen molar-refractivity contribution in [2.75, 3.05) is 25.6 Å². The van der Waals surface area contributed by atoms with Gasteiger partial charge in [-0.25, -0.2) is 0 Å². The van der Waals surface area contributed by atoms with Gasteiger partial charge in [-0.15, -0.1) is 0 Å². The van der Waals surface area contributed by atoms with E-state index < -0.39 is 12.0 Å². The first-order chi connectivity index (χ1) is 8.08. The van der Waals surface area contributed by atoms with Crippen molar-refractivity contribution in [2.24, 2.45) is 5.73 Å². The highest BCUT2D eigenvalue weighted by Crippen LogP contribution is 2.25. The molecule has 0 bridgehead atoms. The first-order valence-corrected chi connectivity index (χ1v) is 5.09. The molecule has 0 aliphatic heterocycles. The molecule has 94 valence electrons. The van der Waals surface area contributed by atoms with Gasteiger partial charge in [0.15, 0.2) is 0 Å². The Balaban J connectivity index is 2.86. The first-order valence-electron chi connectivity index (χ1n) is 5.09. The minimum Gasteiger partial charge on any atom is -0.495 e. The van der Waals surface area contributed by atoms with E-state index in [-0.39, 0.29) is 13.2 Å². The molecule has 5 N–H and O–H groups in total. The second-order valence-electron chi connectivity index (χ2n) is 3.50. The van der Waals surface area contributed by atoms with Crippen LogP contribution in [-0.2, 0) is 0 Å². The van der Waals surface area contributed by atoms with E-state index in [4.69, 9.17) is 15.6 Å². The van der Waals surface area contributed by atoms with Crippen molar-refractivity contribution in [1.82, 2.24) is 0 Å². The highest BCUT2D eigenvalue weighted by Gasteiger charge is 2.09. The summed E-state index contributed by atoms with van der Waals surface area (Å²) in [6.45, 7) is -0.195. The van der Waals surface area contributed by atoms with Gasteiger partial charge in [0.1, 0.15) is 5.75 Å². The minimum atomic E-state index is -0.878. The number of rotatable bonds is 6. The summed E-state index contributed by atoms with van der Waals surface area (Å²) in [5, 5.41) is 20.8. The average Bonchev–Trinajstić information content (AvgIpc) is 2.35. The van der Waals surface area contributed by atoms with Gasteiger partial charge in [-0.3, -0.25) is 4.79 Å². The van der Waals surface area contributed by atoms with E-state index in [0.717, 1.165) is 0 Å². The largest absolute Gasteiger partial charge is 0.495 e. The van der Waals surface area contributed by atoms with Gasteiger partial charge in [0.2, 0.25) is 5.91 Å². The summed E-state index contributed by atoms with van der Waals surface area (Å²) in [7, 11) is 1.49. The molecule has 1 rings (SSSR count). The molecule has 0 aliphatic carbocycles. The first kappa shape index (κ1) is 13.3. The number of carbonyl (C=O) groups excluding carboxylic acids is 1. The Kier molecular flexibility index (Phi) is 4.74. The van der Waals surface area contributed by atoms with Crippen molar-refractivity contribution in [1.29, 1.82) is 0 Å². The van der Waals surface area contributed by atoms with Crippen LogP contribution in [0.3, 0.4) is 0 Å². The van der Waals surface area contributed by atoms with Crippen LogP contribution in [-0.4, -0.2) is 42.5 Å². The standard InChI is InChI=1S/C11H16N2O4/c1-17-10-3-2-7(11(12)16)4-9(10)13-5-8(15)6-14/h2-4,8,13-15H,5-6H2,1H3,(H2,12,16). The van der Waals surface area contributed by atoms with Gasteiger partial charge in [-0.2, -0.15) is 0 Å². The molecule has 0 heterocycles. The molecule has 0 aliphatic rings. The van der Waals surface area contributed by atoms with Gasteiger partial charge in [0.25, 0.3) is 0 Å². The molecule has 6 heteroatoms. The molecule has 0 saturated heterocycles. The predicted octanol–water partition coefficient (Wildman–Crippen LogP) is -0.441. The van der Waals surface area contributed by atoms with E-state index in [1.54, 1.807) is 12.1 Å². The zero-order valence-corrected chi connectivity index (χ0v) is 9.51. The van der Waals surface area contributed by atoms with Crippen LogP contribution in [0.2, 0.25) is 0 Å². The molecule has 1 aromatic carbocycles. The van der Waals surface area contributed by atoms with E-state index in [0.29, 0.717) is 17.0 Å². The smallest absolute Gasteiger partial charge is 0.248 e. The normalized spacial score (nSPS) is 11.9. The lowest BCUT2D eigenvalue weighted by Crippen LogP contribution is -2.23. The van der Waals surface area contributed by atoms with Gasteiger partial charge in [0, 0.05) is 12.1 Å². The molecule has 1 aromatic rings. The number of aliphatic hydroxyl groups is 2. The lowest BCUT2D eigenvalue weighted by Gasteiger charge is -2.14. The molecule has 17 heavy (non-hydrogen) atoms. The van der Waals surface area contributed by atoms with Crippen LogP contribution >= 0.6 is 0 Å². The monoisotopic (exact) mass is 240 g/mol. The number of hydrogen-bond acceptors (Lipinski definition) is 5. The van der Waals surface area contributed by atoms with Crippen molar-refractivity contribution in [3.8, 4) is 5.75 Å². The number of benzene rings is 1. The number of carbonyl (C=O) groups is 1. The number of methoxy groups -OCH3 is 1. The van der Waals surface area contributed by atoms with Gasteiger partial charge in [-0.1, -0.05) is 0 Å².